The number of hydrogen-bond donors (Lipinski definition) is 2. The smallest absolute Gasteiger partial charge is 0.480 e. The maximum atomic E-state index is 9.97. The normalized spacial score (nSPS) is 7.22. The molecule has 0 bridgehead atoms. The largest absolute Gasteiger partial charge is 3.00 e. The van der Waals surface area contributed by atoms with Gasteiger partial charge in [-0.25, -0.2) is 0 Å². The van der Waals surface area contributed by atoms with Gasteiger partial charge in [-0.05, 0) is 0 Å². The zero-order chi connectivity index (χ0) is 6.57. The summed E-state index contributed by atoms with van der Waals surface area (Å²) in [5, 5.41) is 10.1. The fourth-order valence-corrected chi connectivity index (χ4v) is 0.200. The van der Waals surface area contributed by atoms with E-state index in [1.54, 1.807) is 0 Å². The van der Waals surface area contributed by atoms with Crippen molar-refractivity contribution in [3.05, 3.63) is 0 Å². The van der Waals surface area contributed by atoms with Crippen molar-refractivity contribution in [2.45, 2.75) is 6.92 Å². The summed E-state index contributed by atoms with van der Waals surface area (Å²) in [5.74, 6) is -1.35. The van der Waals surface area contributed by atoms with Crippen molar-refractivity contribution in [1.82, 2.24) is 5.32 Å². The minimum atomic E-state index is -1.03. The van der Waals surface area contributed by atoms with Crippen LogP contribution >= 0.6 is 0 Å². The van der Waals surface area contributed by atoms with E-state index in [0.717, 1.165) is 0 Å². The van der Waals surface area contributed by atoms with Crippen molar-refractivity contribution < 1.29 is 14.7 Å². The Hall–Kier alpha value is -0.528. The van der Waals surface area contributed by atoms with Gasteiger partial charge in [0.05, 0.1) is 0 Å². The van der Waals surface area contributed by atoms with E-state index in [4.69, 9.17) is 5.11 Å². The summed E-state index contributed by atoms with van der Waals surface area (Å²) in [6.45, 7) is 0.971. The van der Waals surface area contributed by atoms with Gasteiger partial charge in [-0.1, -0.05) is 0 Å². The van der Waals surface area contributed by atoms with Gasteiger partial charge in [0.1, 0.15) is 6.54 Å². The monoisotopic (exact) mass is 144 g/mol. The molecule has 0 saturated heterocycles. The Morgan fingerprint density at radius 2 is 2.00 bits per heavy atom. The number of carboxylic acids is 1. The van der Waals surface area contributed by atoms with Crippen LogP contribution in [-0.2, 0) is 9.59 Å². The molecule has 0 heterocycles. The van der Waals surface area contributed by atoms with E-state index in [1.165, 1.54) is 6.92 Å². The molecule has 0 aliphatic rings. The number of amides is 1. The molecule has 2 N–H and O–H groups in total. The fraction of sp³-hybridized carbons (Fsp3) is 0.500. The van der Waals surface area contributed by atoms with Crippen molar-refractivity contribution in [3.63, 3.8) is 0 Å². The maximum absolute atomic E-state index is 9.97. The van der Waals surface area contributed by atoms with Gasteiger partial charge in [-0.3, -0.25) is 9.59 Å². The van der Waals surface area contributed by atoms with Gasteiger partial charge < -0.3 is 10.4 Å². The number of rotatable bonds is 2. The van der Waals surface area contributed by atoms with Crippen LogP contribution < -0.4 is 5.32 Å². The summed E-state index contributed by atoms with van der Waals surface area (Å²) in [4.78, 5) is 19.7. The molecule has 0 aromatic carbocycles. The Morgan fingerprint density at radius 3 is 2.11 bits per heavy atom. The first-order valence-electron chi connectivity index (χ1n) is 2.09. The van der Waals surface area contributed by atoms with Crippen LogP contribution in [0.5, 0.6) is 0 Å². The van der Waals surface area contributed by atoms with Crippen molar-refractivity contribution in [2.24, 2.45) is 0 Å². The van der Waals surface area contributed by atoms with E-state index in [0.29, 0.717) is 0 Å². The molecule has 46 valence electrons. The summed E-state index contributed by atoms with van der Waals surface area (Å²) in [6.07, 6.45) is 0. The molecule has 0 aliphatic carbocycles. The zero-order valence-electron chi connectivity index (χ0n) is 5.05. The Kier molecular flexibility index (Phi) is 7.03. The van der Waals surface area contributed by atoms with Crippen LogP contribution in [0.1, 0.15) is 6.92 Å². The third-order valence-electron chi connectivity index (χ3n) is 0.489. The predicted molar refractivity (Wildman–Crippen MR) is 32.1 cm³/mol. The fourth-order valence-electron chi connectivity index (χ4n) is 0.200. The predicted octanol–water partition coefficient (Wildman–Crippen LogP) is -1.17. The van der Waals surface area contributed by atoms with Gasteiger partial charge >= 0.3 is 23.3 Å². The number of carboxylic acid groups (broad SMARTS) is 1. The second-order valence-corrected chi connectivity index (χ2v) is 1.30. The third-order valence-corrected chi connectivity index (χ3v) is 0.489. The SMILES string of the molecule is CC(=O)NCC(=O)O.[Al+3]. The number of hydrogen-bond acceptors (Lipinski definition) is 2. The molecule has 0 unspecified atom stereocenters. The first-order valence-corrected chi connectivity index (χ1v) is 2.09. The maximum Gasteiger partial charge on any atom is 3.00 e. The number of nitrogens with one attached hydrogen (secondary N) is 1. The molecule has 0 aliphatic heterocycles. The number of carbonyl (C=O) groups is 2. The van der Waals surface area contributed by atoms with Gasteiger partial charge in [0, 0.05) is 6.92 Å². The van der Waals surface area contributed by atoms with E-state index in [9.17, 15) is 9.59 Å². The molecule has 0 saturated carbocycles. The minimum Gasteiger partial charge on any atom is -0.480 e. The standard InChI is InChI=1S/C4H7NO3.Al/c1-3(6)5-2-4(7)8;/h2H2,1H3,(H,5,6)(H,7,8);/q;+3. The number of carbonyl (C=O) groups excluding carboxylic acids is 1. The average molecular weight is 144 g/mol. The molecule has 0 spiro atoms. The van der Waals surface area contributed by atoms with Crippen LogP contribution in [0.3, 0.4) is 0 Å². The topological polar surface area (TPSA) is 66.4 Å². The second kappa shape index (κ2) is 5.61. The molecular weight excluding hydrogens is 137 g/mol. The molecule has 0 radical (unpaired) electrons. The summed E-state index contributed by atoms with van der Waals surface area (Å²) in [7, 11) is 0. The molecule has 0 aromatic heterocycles. The average Bonchev–Trinajstić information content (AvgIpc) is 1.61. The molecular formula is C4H7AlNO3+3. The van der Waals surface area contributed by atoms with Crippen molar-refractivity contribution in [1.29, 1.82) is 0 Å². The molecule has 5 heteroatoms. The zero-order valence-corrected chi connectivity index (χ0v) is 6.20. The van der Waals surface area contributed by atoms with Gasteiger partial charge in [-0.2, -0.15) is 0 Å². The molecule has 0 atom stereocenters. The Morgan fingerprint density at radius 1 is 1.56 bits per heavy atom. The molecule has 9 heavy (non-hydrogen) atoms. The Labute approximate surface area is 63.4 Å². The van der Waals surface area contributed by atoms with E-state index in [2.05, 4.69) is 5.32 Å². The molecule has 0 rings (SSSR count). The van der Waals surface area contributed by atoms with Gasteiger partial charge in [0.25, 0.3) is 0 Å². The molecule has 0 aromatic rings. The Balaban J connectivity index is 0. The second-order valence-electron chi connectivity index (χ2n) is 1.30. The van der Waals surface area contributed by atoms with Gasteiger partial charge in [0.15, 0.2) is 0 Å². The molecule has 0 fully saturated rings. The first kappa shape index (κ1) is 11.3. The first-order chi connectivity index (χ1) is 3.63. The van der Waals surface area contributed by atoms with Crippen LogP contribution in [0.15, 0.2) is 0 Å². The quantitative estimate of drug-likeness (QED) is 0.480. The van der Waals surface area contributed by atoms with Crippen LogP contribution in [0.4, 0.5) is 0 Å². The van der Waals surface area contributed by atoms with Crippen molar-refractivity contribution in [3.8, 4) is 0 Å². The van der Waals surface area contributed by atoms with Crippen LogP contribution in [0, 0.1) is 0 Å². The van der Waals surface area contributed by atoms with E-state index < -0.39 is 5.97 Å². The molecule has 4 nitrogen and oxygen atoms in total. The Bertz CT molecular complexity index is 100. The van der Waals surface area contributed by atoms with Crippen molar-refractivity contribution >= 4 is 29.2 Å². The van der Waals surface area contributed by atoms with E-state index in [-0.39, 0.29) is 29.8 Å². The van der Waals surface area contributed by atoms with Gasteiger partial charge in [0.2, 0.25) is 5.91 Å². The van der Waals surface area contributed by atoms with Crippen molar-refractivity contribution in [2.75, 3.05) is 6.54 Å². The van der Waals surface area contributed by atoms with Crippen LogP contribution in [0.2, 0.25) is 0 Å². The summed E-state index contributed by atoms with van der Waals surface area (Å²) in [5.41, 5.74) is 0. The van der Waals surface area contributed by atoms with Crippen LogP contribution in [0.25, 0.3) is 0 Å². The summed E-state index contributed by atoms with van der Waals surface area (Å²) < 4.78 is 0. The molecule has 1 amide bonds. The third kappa shape index (κ3) is 11.2. The summed E-state index contributed by atoms with van der Waals surface area (Å²) >= 11 is 0. The van der Waals surface area contributed by atoms with Crippen LogP contribution in [-0.4, -0.2) is 40.9 Å². The van der Waals surface area contributed by atoms with Gasteiger partial charge in [-0.15, -0.1) is 0 Å². The summed E-state index contributed by atoms with van der Waals surface area (Å²) in [6, 6.07) is 0. The van der Waals surface area contributed by atoms with E-state index >= 15 is 0 Å². The van der Waals surface area contributed by atoms with E-state index in [1.807, 2.05) is 0 Å². The number of aliphatic carboxylic acids is 1. The minimum absolute atomic E-state index is 0.